The number of fused-ring (bicyclic) bond motifs is 1. The summed E-state index contributed by atoms with van der Waals surface area (Å²) >= 11 is 3.35. The lowest BCUT2D eigenvalue weighted by Gasteiger charge is -2.26. The Hall–Kier alpha value is -4.26. The van der Waals surface area contributed by atoms with Crippen molar-refractivity contribution in [2.45, 2.75) is 6.42 Å². The Bertz CT molecular complexity index is 1600. The number of methoxy groups -OCH3 is 1. The number of morpholine rings is 1. The number of hydrogen-bond donors (Lipinski definition) is 2. The number of halogens is 2. The van der Waals surface area contributed by atoms with Gasteiger partial charge in [-0.25, -0.2) is 14.6 Å². The van der Waals surface area contributed by atoms with Gasteiger partial charge in [0.2, 0.25) is 0 Å². The molecule has 1 aliphatic heterocycles. The third kappa shape index (κ3) is 8.40. The third-order valence-electron chi connectivity index (χ3n) is 6.60. The van der Waals surface area contributed by atoms with Crippen LogP contribution >= 0.6 is 15.9 Å². The predicted molar refractivity (Wildman–Crippen MR) is 166 cm³/mol. The van der Waals surface area contributed by atoms with Crippen LogP contribution in [-0.4, -0.2) is 68.7 Å². The molecule has 1 aliphatic rings. The Labute approximate surface area is 256 Å². The molecular formula is C31H31BrFN5O5. The molecule has 5 rings (SSSR count). The summed E-state index contributed by atoms with van der Waals surface area (Å²) in [5, 5.41) is 7.18. The van der Waals surface area contributed by atoms with Crippen molar-refractivity contribution in [1.82, 2.24) is 15.3 Å². The first-order valence-electron chi connectivity index (χ1n) is 13.7. The number of carbonyl (C=O) groups is 1. The van der Waals surface area contributed by atoms with Gasteiger partial charge in [0.25, 0.3) is 0 Å². The highest BCUT2D eigenvalue weighted by molar-refractivity contribution is 9.10. The largest absolute Gasteiger partial charge is 0.493 e. The molecule has 0 atom stereocenters. The van der Waals surface area contributed by atoms with Gasteiger partial charge in [0.05, 0.1) is 38.7 Å². The molecule has 0 saturated carbocycles. The molecule has 10 nitrogen and oxygen atoms in total. The normalized spacial score (nSPS) is 13.7. The van der Waals surface area contributed by atoms with Gasteiger partial charge >= 0.3 is 6.03 Å². The molecule has 3 aromatic carbocycles. The molecule has 1 aromatic heterocycles. The van der Waals surface area contributed by atoms with E-state index in [1.165, 1.54) is 18.3 Å². The van der Waals surface area contributed by atoms with Crippen LogP contribution in [0.25, 0.3) is 10.9 Å². The number of nitrogens with zero attached hydrogens (tertiary/aromatic N) is 3. The molecule has 0 bridgehead atoms. The number of carbonyl (C=O) groups excluding carboxylic acids is 1. The zero-order valence-electron chi connectivity index (χ0n) is 23.5. The Morgan fingerprint density at radius 3 is 2.74 bits per heavy atom. The summed E-state index contributed by atoms with van der Waals surface area (Å²) in [5.41, 5.74) is 4.01. The number of ether oxygens (including phenoxy) is 4. The Balaban J connectivity index is 1.21. The van der Waals surface area contributed by atoms with Gasteiger partial charge in [-0.3, -0.25) is 9.88 Å². The van der Waals surface area contributed by atoms with Crippen molar-refractivity contribution in [3.8, 4) is 23.0 Å². The number of nitrogens with one attached hydrogen (secondary N) is 2. The Morgan fingerprint density at radius 2 is 1.95 bits per heavy atom. The number of pyridine rings is 1. The highest BCUT2D eigenvalue weighted by Crippen LogP contribution is 2.37. The van der Waals surface area contributed by atoms with Crippen molar-refractivity contribution in [2.75, 3.05) is 51.9 Å². The van der Waals surface area contributed by atoms with Crippen molar-refractivity contribution >= 4 is 44.8 Å². The van der Waals surface area contributed by atoms with Crippen LogP contribution < -0.4 is 25.0 Å². The predicted octanol–water partition coefficient (Wildman–Crippen LogP) is 6.19. The van der Waals surface area contributed by atoms with Gasteiger partial charge in [0.1, 0.15) is 5.75 Å². The number of benzene rings is 3. The van der Waals surface area contributed by atoms with Crippen molar-refractivity contribution < 1.29 is 28.1 Å². The second-order valence-electron chi connectivity index (χ2n) is 9.61. The lowest BCUT2D eigenvalue weighted by atomic mass is 10.1. The van der Waals surface area contributed by atoms with Crippen LogP contribution in [-0.2, 0) is 4.74 Å². The molecule has 4 aromatic rings. The Morgan fingerprint density at radius 1 is 1.09 bits per heavy atom. The fraction of sp³-hybridized carbons (Fsp3) is 0.258. The van der Waals surface area contributed by atoms with Gasteiger partial charge in [0.15, 0.2) is 23.1 Å². The van der Waals surface area contributed by atoms with Gasteiger partial charge in [-0.15, -0.1) is 0 Å². The number of hydrogen-bond acceptors (Lipinski definition) is 8. The maximum absolute atomic E-state index is 15.0. The Kier molecular flexibility index (Phi) is 10.4. The van der Waals surface area contributed by atoms with Crippen LogP contribution in [0.4, 0.5) is 14.9 Å². The summed E-state index contributed by atoms with van der Waals surface area (Å²) in [6, 6.07) is 16.2. The van der Waals surface area contributed by atoms with E-state index in [0.29, 0.717) is 46.0 Å². The first kappa shape index (κ1) is 30.2. The molecule has 0 spiro atoms. The number of amides is 2. The van der Waals surface area contributed by atoms with Gasteiger partial charge < -0.3 is 24.3 Å². The molecule has 2 amide bonds. The second-order valence-corrected chi connectivity index (χ2v) is 10.5. The van der Waals surface area contributed by atoms with E-state index in [4.69, 9.17) is 18.9 Å². The monoisotopic (exact) mass is 651 g/mol. The zero-order chi connectivity index (χ0) is 30.0. The van der Waals surface area contributed by atoms with E-state index >= 15 is 4.39 Å². The van der Waals surface area contributed by atoms with Crippen LogP contribution in [0.5, 0.6) is 23.0 Å². The quantitative estimate of drug-likeness (QED) is 0.113. The van der Waals surface area contributed by atoms with Crippen LogP contribution in [0.15, 0.2) is 76.4 Å². The summed E-state index contributed by atoms with van der Waals surface area (Å²) in [6.07, 6.45) is 3.80. The summed E-state index contributed by atoms with van der Waals surface area (Å²) in [5.74, 6) is 0.941. The third-order valence-corrected chi connectivity index (χ3v) is 7.10. The van der Waals surface area contributed by atoms with Crippen molar-refractivity contribution in [3.05, 3.63) is 82.7 Å². The fourth-order valence-corrected chi connectivity index (χ4v) is 4.87. The maximum Gasteiger partial charge on any atom is 0.339 e. The molecule has 0 aliphatic carbocycles. The lowest BCUT2D eigenvalue weighted by Crippen LogP contribution is -2.37. The first-order chi connectivity index (χ1) is 21.0. The molecule has 0 radical (unpaired) electrons. The minimum atomic E-state index is -0.598. The van der Waals surface area contributed by atoms with Crippen molar-refractivity contribution in [2.24, 2.45) is 5.10 Å². The van der Waals surface area contributed by atoms with Crippen LogP contribution in [0, 0.1) is 5.82 Å². The average molecular weight is 653 g/mol. The zero-order valence-corrected chi connectivity index (χ0v) is 25.1. The maximum atomic E-state index is 15.0. The molecule has 12 heteroatoms. The van der Waals surface area contributed by atoms with E-state index < -0.39 is 11.8 Å². The van der Waals surface area contributed by atoms with E-state index in [0.717, 1.165) is 43.7 Å². The topological polar surface area (TPSA) is 107 Å². The fourth-order valence-electron chi connectivity index (χ4n) is 4.47. The summed E-state index contributed by atoms with van der Waals surface area (Å²) < 4.78 is 38.8. The van der Waals surface area contributed by atoms with E-state index in [1.54, 1.807) is 55.8 Å². The van der Waals surface area contributed by atoms with Crippen molar-refractivity contribution in [1.29, 1.82) is 0 Å². The molecule has 224 valence electrons. The molecule has 2 heterocycles. The average Bonchev–Trinajstić information content (AvgIpc) is 3.01. The number of rotatable bonds is 11. The minimum absolute atomic E-state index is 0.0208. The van der Waals surface area contributed by atoms with Crippen LogP contribution in [0.2, 0.25) is 0 Å². The standard InChI is InChI=1S/C31H31BrFN5O5/c1-40-29-18-24-26(19-30(29)42-13-3-10-38-11-14-41-15-12-38)34-9-8-27(24)43-28-7-6-21(16-25(28)33)20-35-37-31(39)36-23-5-2-4-22(32)17-23/h2,4-9,16-20H,3,10-15H2,1H3,(H2,36,37,39)/b35-20+. The highest BCUT2D eigenvalue weighted by atomic mass is 79.9. The number of urea groups is 1. The van der Waals surface area contributed by atoms with Gasteiger partial charge in [-0.2, -0.15) is 5.10 Å². The molecule has 1 fully saturated rings. The summed E-state index contributed by atoms with van der Waals surface area (Å²) in [7, 11) is 1.57. The molecular weight excluding hydrogens is 621 g/mol. The van der Waals surface area contributed by atoms with E-state index in [-0.39, 0.29) is 5.75 Å². The van der Waals surface area contributed by atoms with Gasteiger partial charge in [-0.05, 0) is 60.5 Å². The SMILES string of the molecule is COc1cc2c(Oc3ccc(/C=N/NC(=O)Nc4cccc(Br)c4)cc3F)ccnc2cc1OCCCN1CCOCC1. The number of hydrazone groups is 1. The molecule has 0 unspecified atom stereocenters. The minimum Gasteiger partial charge on any atom is -0.493 e. The molecule has 1 saturated heterocycles. The van der Waals surface area contributed by atoms with Gasteiger partial charge in [0, 0.05) is 47.4 Å². The molecule has 43 heavy (non-hydrogen) atoms. The number of aromatic nitrogens is 1. The smallest absolute Gasteiger partial charge is 0.339 e. The summed E-state index contributed by atoms with van der Waals surface area (Å²) in [6.45, 7) is 4.87. The summed E-state index contributed by atoms with van der Waals surface area (Å²) in [4.78, 5) is 18.9. The van der Waals surface area contributed by atoms with E-state index in [9.17, 15) is 4.79 Å². The second kappa shape index (κ2) is 14.8. The van der Waals surface area contributed by atoms with E-state index in [1.807, 2.05) is 6.07 Å². The van der Waals surface area contributed by atoms with Crippen LogP contribution in [0.3, 0.4) is 0 Å². The first-order valence-corrected chi connectivity index (χ1v) is 14.5. The van der Waals surface area contributed by atoms with Crippen LogP contribution in [0.1, 0.15) is 12.0 Å². The highest BCUT2D eigenvalue weighted by Gasteiger charge is 2.15. The number of anilines is 1. The van der Waals surface area contributed by atoms with E-state index in [2.05, 4.69) is 41.7 Å². The lowest BCUT2D eigenvalue weighted by molar-refractivity contribution is 0.0357. The van der Waals surface area contributed by atoms with Gasteiger partial charge in [-0.1, -0.05) is 22.0 Å². The van der Waals surface area contributed by atoms with Crippen molar-refractivity contribution in [3.63, 3.8) is 0 Å². The molecule has 2 N–H and O–H groups in total.